The molecule has 0 spiro atoms. The van der Waals surface area contributed by atoms with Crippen LogP contribution in [-0.4, -0.2) is 15.6 Å². The molecule has 4 rings (SSSR count). The van der Waals surface area contributed by atoms with Crippen LogP contribution in [-0.2, 0) is 19.5 Å². The van der Waals surface area contributed by atoms with E-state index in [1.807, 2.05) is 19.3 Å². The highest BCUT2D eigenvalue weighted by atomic mass is 19.1. The third-order valence-electron chi connectivity index (χ3n) is 6.76. The number of rotatable bonds is 11. The van der Waals surface area contributed by atoms with Gasteiger partial charge in [-0.3, -0.25) is 0 Å². The van der Waals surface area contributed by atoms with Crippen LogP contribution in [0.1, 0.15) is 62.8 Å². The Balaban J connectivity index is 1.17. The van der Waals surface area contributed by atoms with Gasteiger partial charge in [0.2, 0.25) is 0 Å². The average Bonchev–Trinajstić information content (AvgIpc) is 3.43. The van der Waals surface area contributed by atoms with Crippen molar-refractivity contribution in [3.8, 4) is 0 Å². The molecule has 3 atom stereocenters. The Hall–Kier alpha value is -2.46. The minimum atomic E-state index is 0.0133. The summed E-state index contributed by atoms with van der Waals surface area (Å²) in [5.74, 6) is 0.610. The van der Waals surface area contributed by atoms with Crippen LogP contribution in [0.5, 0.6) is 0 Å². The normalized spacial score (nSPS) is 22.4. The number of allylic oxidation sites excluding steroid dienone is 4. The first kappa shape index (κ1) is 22.7. The summed E-state index contributed by atoms with van der Waals surface area (Å²) in [6, 6.07) is 9.38. The zero-order valence-corrected chi connectivity index (χ0v) is 19.5. The third kappa shape index (κ3) is 5.86. The molecular weight excluding hydrogens is 397 g/mol. The van der Waals surface area contributed by atoms with Crippen molar-refractivity contribution in [3.63, 3.8) is 0 Å². The number of halogens is 1. The monoisotopic (exact) mass is 433 g/mol. The van der Waals surface area contributed by atoms with Crippen molar-refractivity contribution >= 4 is 5.57 Å². The van der Waals surface area contributed by atoms with Gasteiger partial charge in [-0.15, -0.1) is 0 Å². The second-order valence-corrected chi connectivity index (χ2v) is 9.48. The van der Waals surface area contributed by atoms with E-state index in [1.165, 1.54) is 22.3 Å². The van der Waals surface area contributed by atoms with Crippen molar-refractivity contribution in [2.24, 2.45) is 11.8 Å². The molecule has 0 aliphatic heterocycles. The number of aryl methyl sites for hydroxylation is 2. The van der Waals surface area contributed by atoms with Crippen molar-refractivity contribution in [1.29, 1.82) is 0 Å². The molecule has 2 aliphatic carbocycles. The summed E-state index contributed by atoms with van der Waals surface area (Å²) < 4.78 is 15.7. The Labute approximate surface area is 192 Å². The first-order valence-electron chi connectivity index (χ1n) is 12.1. The van der Waals surface area contributed by atoms with Crippen molar-refractivity contribution < 1.29 is 4.39 Å². The topological polar surface area (TPSA) is 29.9 Å². The molecule has 1 heterocycles. The summed E-state index contributed by atoms with van der Waals surface area (Å²) in [6.07, 6.45) is 14.1. The zero-order valence-electron chi connectivity index (χ0n) is 19.5. The first-order valence-corrected chi connectivity index (χ1v) is 12.1. The van der Waals surface area contributed by atoms with E-state index >= 15 is 0 Å². The van der Waals surface area contributed by atoms with Crippen LogP contribution in [0.25, 0.3) is 5.57 Å². The Bertz CT molecular complexity index is 982. The van der Waals surface area contributed by atoms with Crippen molar-refractivity contribution in [2.75, 3.05) is 0 Å². The summed E-state index contributed by atoms with van der Waals surface area (Å²) in [6.45, 7) is 10.1. The second kappa shape index (κ2) is 10.4. The summed E-state index contributed by atoms with van der Waals surface area (Å²) >= 11 is 0. The molecule has 1 fully saturated rings. The van der Waals surface area contributed by atoms with E-state index in [4.69, 9.17) is 0 Å². The fourth-order valence-corrected chi connectivity index (χ4v) is 4.65. The van der Waals surface area contributed by atoms with E-state index < -0.39 is 0 Å². The Morgan fingerprint density at radius 1 is 1.25 bits per heavy atom. The molecule has 3 unspecified atom stereocenters. The van der Waals surface area contributed by atoms with Gasteiger partial charge in [0.25, 0.3) is 0 Å². The minimum Gasteiger partial charge on any atom is -0.337 e. The summed E-state index contributed by atoms with van der Waals surface area (Å²) in [5.41, 5.74) is 6.35. The number of aromatic nitrogens is 2. The van der Waals surface area contributed by atoms with Crippen molar-refractivity contribution in [1.82, 2.24) is 14.9 Å². The van der Waals surface area contributed by atoms with Crippen LogP contribution in [0.15, 0.2) is 66.9 Å². The summed E-state index contributed by atoms with van der Waals surface area (Å²) in [5, 5.41) is 3.63. The lowest BCUT2D eigenvalue weighted by Crippen LogP contribution is -2.19. The van der Waals surface area contributed by atoms with E-state index in [-0.39, 0.29) is 11.7 Å². The van der Waals surface area contributed by atoms with Crippen molar-refractivity contribution in [2.45, 2.75) is 71.5 Å². The Kier molecular flexibility index (Phi) is 7.41. The quantitative estimate of drug-likeness (QED) is 0.431. The maximum Gasteiger partial charge on any atom is 0.103 e. The molecule has 0 saturated heterocycles. The molecule has 3 nitrogen and oxygen atoms in total. The number of hydrogen-bond acceptors (Lipinski definition) is 2. The zero-order chi connectivity index (χ0) is 22.5. The van der Waals surface area contributed by atoms with E-state index in [2.05, 4.69) is 58.8 Å². The van der Waals surface area contributed by atoms with Gasteiger partial charge in [0.05, 0.1) is 12.0 Å². The first-order chi connectivity index (χ1) is 15.5. The Morgan fingerprint density at radius 3 is 2.81 bits per heavy atom. The highest BCUT2D eigenvalue weighted by molar-refractivity contribution is 5.63. The third-order valence-corrected chi connectivity index (χ3v) is 6.76. The number of nitrogens with one attached hydrogen (secondary N) is 1. The predicted molar refractivity (Wildman–Crippen MR) is 131 cm³/mol. The summed E-state index contributed by atoms with van der Waals surface area (Å²) in [4.78, 5) is 4.57. The predicted octanol–water partition coefficient (Wildman–Crippen LogP) is 6.63. The van der Waals surface area contributed by atoms with Gasteiger partial charge >= 0.3 is 0 Å². The van der Waals surface area contributed by atoms with Gasteiger partial charge in [-0.2, -0.15) is 0 Å². The van der Waals surface area contributed by atoms with Crippen LogP contribution in [0.2, 0.25) is 0 Å². The number of nitrogens with zero attached hydrogens (tertiary/aromatic N) is 2. The molecule has 2 aliphatic rings. The van der Waals surface area contributed by atoms with Crippen LogP contribution >= 0.6 is 0 Å². The van der Waals surface area contributed by atoms with Gasteiger partial charge in [-0.05, 0) is 60.8 Å². The molecule has 1 aromatic heterocycles. The van der Waals surface area contributed by atoms with Crippen LogP contribution in [0.3, 0.4) is 0 Å². The van der Waals surface area contributed by atoms with Crippen LogP contribution in [0.4, 0.5) is 4.39 Å². The fraction of sp³-hybridized carbons (Fsp3) is 0.464. The van der Waals surface area contributed by atoms with E-state index in [0.717, 1.165) is 57.3 Å². The lowest BCUT2D eigenvalue weighted by molar-refractivity contribution is 0.474. The second-order valence-electron chi connectivity index (χ2n) is 9.48. The minimum absolute atomic E-state index is 0.0133. The van der Waals surface area contributed by atoms with Gasteiger partial charge in [0.1, 0.15) is 5.83 Å². The van der Waals surface area contributed by atoms with Gasteiger partial charge in [0.15, 0.2) is 0 Å². The highest BCUT2D eigenvalue weighted by Gasteiger charge is 2.40. The molecule has 0 amide bonds. The lowest BCUT2D eigenvalue weighted by Gasteiger charge is -2.16. The maximum atomic E-state index is 13.5. The van der Waals surface area contributed by atoms with Crippen LogP contribution < -0.4 is 5.32 Å². The SMILES string of the molecule is C=C(CCC)c1ccc(CCCn2cnc(CNC3CC3C3=CC=C(F)C(C)C3)c2)cc1. The molecule has 0 bridgehead atoms. The lowest BCUT2D eigenvalue weighted by atomic mass is 9.92. The van der Waals surface area contributed by atoms with Crippen LogP contribution in [0, 0.1) is 11.8 Å². The van der Waals surface area contributed by atoms with Gasteiger partial charge in [-0.25, -0.2) is 9.37 Å². The largest absolute Gasteiger partial charge is 0.337 e. The number of benzene rings is 1. The van der Waals surface area contributed by atoms with Gasteiger partial charge in [0, 0.05) is 31.2 Å². The smallest absolute Gasteiger partial charge is 0.103 e. The van der Waals surface area contributed by atoms with Crippen molar-refractivity contribution in [3.05, 3.63) is 83.7 Å². The standard InChI is InChI=1S/C28H36FN3/c1-4-6-20(2)23-10-8-22(9-11-23)7-5-14-32-18-25(31-19-32)17-30-28-16-26(28)24-12-13-27(29)21(3)15-24/h8-13,18-19,21,26,28,30H,2,4-7,14-17H2,1,3H3. The van der Waals surface area contributed by atoms with E-state index in [9.17, 15) is 4.39 Å². The van der Waals surface area contributed by atoms with E-state index in [1.54, 1.807) is 6.08 Å². The molecule has 1 saturated carbocycles. The highest BCUT2D eigenvalue weighted by Crippen LogP contribution is 2.42. The van der Waals surface area contributed by atoms with Gasteiger partial charge in [-0.1, -0.05) is 62.8 Å². The maximum absolute atomic E-state index is 13.5. The Morgan fingerprint density at radius 2 is 2.06 bits per heavy atom. The number of imidazole rings is 1. The molecule has 32 heavy (non-hydrogen) atoms. The molecule has 1 N–H and O–H groups in total. The van der Waals surface area contributed by atoms with Gasteiger partial charge < -0.3 is 9.88 Å². The number of hydrogen-bond donors (Lipinski definition) is 1. The molecule has 1 aromatic carbocycles. The molecule has 2 aromatic rings. The van der Waals surface area contributed by atoms with E-state index in [0.29, 0.717) is 12.0 Å². The molecule has 170 valence electrons. The average molecular weight is 434 g/mol. The fourth-order valence-electron chi connectivity index (χ4n) is 4.65. The summed E-state index contributed by atoms with van der Waals surface area (Å²) in [7, 11) is 0. The molecular formula is C28H36FN3. The molecule has 0 radical (unpaired) electrons. The molecule has 4 heteroatoms.